The third-order valence-corrected chi connectivity index (χ3v) is 1.58. The second-order valence-electron chi connectivity index (χ2n) is 2.19. The zero-order chi connectivity index (χ0) is 10.1. The van der Waals surface area contributed by atoms with Crippen LogP contribution in [0.3, 0.4) is 0 Å². The summed E-state index contributed by atoms with van der Waals surface area (Å²) in [5.74, 6) is -0.00494. The number of hydrogen-bond acceptors (Lipinski definition) is 1. The lowest BCUT2D eigenvalue weighted by molar-refractivity contribution is -0.137. The molecular formula is C7H5ClF3NO. The maximum Gasteiger partial charge on any atom is 0.417 e. The molecule has 2 nitrogen and oxygen atoms in total. The molecule has 0 saturated carbocycles. The summed E-state index contributed by atoms with van der Waals surface area (Å²) in [6, 6.07) is 0.762. The number of halogens is 4. The number of alkyl halides is 3. The Balaban J connectivity index is 3.10. The van der Waals surface area contributed by atoms with E-state index in [1.165, 1.54) is 0 Å². The summed E-state index contributed by atoms with van der Waals surface area (Å²) >= 11 is 5.44. The van der Waals surface area contributed by atoms with E-state index in [0.29, 0.717) is 6.20 Å². The second kappa shape index (κ2) is 3.41. The van der Waals surface area contributed by atoms with Gasteiger partial charge >= 0.3 is 12.1 Å². The summed E-state index contributed by atoms with van der Waals surface area (Å²) in [7, 11) is 3.11. The molecule has 6 heteroatoms. The zero-order valence-electron chi connectivity index (χ0n) is 6.27. The fraction of sp³-hybridized carbons (Fsp3) is 0.143. The Bertz CT molecular complexity index is 313. The molecule has 0 radical (unpaired) electrons. The van der Waals surface area contributed by atoms with Gasteiger partial charge in [-0.2, -0.15) is 18.2 Å². The molecule has 0 atom stereocenters. The molecule has 0 aromatic carbocycles. The predicted molar refractivity (Wildman–Crippen MR) is 41.3 cm³/mol. The van der Waals surface area contributed by atoms with Gasteiger partial charge in [-0.3, -0.25) is 0 Å². The van der Waals surface area contributed by atoms with Crippen LogP contribution in [0, 0.1) is 7.11 Å². The number of hydrogen-bond donors (Lipinski definition) is 0. The first-order chi connectivity index (χ1) is 5.95. The molecule has 0 saturated heterocycles. The van der Waals surface area contributed by atoms with Gasteiger partial charge in [0.25, 0.3) is 0 Å². The molecule has 13 heavy (non-hydrogen) atoms. The van der Waals surface area contributed by atoms with Crippen molar-refractivity contribution in [2.45, 2.75) is 6.18 Å². The van der Waals surface area contributed by atoms with Gasteiger partial charge in [-0.15, -0.1) is 0 Å². The molecule has 0 unspecified atom stereocenters. The van der Waals surface area contributed by atoms with Crippen LogP contribution in [0.1, 0.15) is 5.56 Å². The van der Waals surface area contributed by atoms with Crippen molar-refractivity contribution >= 4 is 11.6 Å². The van der Waals surface area contributed by atoms with E-state index >= 15 is 0 Å². The maximum absolute atomic E-state index is 12.1. The van der Waals surface area contributed by atoms with Crippen LogP contribution >= 0.6 is 11.6 Å². The lowest BCUT2D eigenvalue weighted by Gasteiger charge is -2.08. The molecule has 0 bridgehead atoms. The van der Waals surface area contributed by atoms with Crippen molar-refractivity contribution in [1.82, 2.24) is 4.98 Å². The summed E-state index contributed by atoms with van der Waals surface area (Å²) in [4.78, 5) is 3.38. The van der Waals surface area contributed by atoms with Gasteiger partial charge in [0.05, 0.1) is 5.56 Å². The highest BCUT2D eigenvalue weighted by molar-refractivity contribution is 6.31. The number of aliphatic hydroxyl groups is 1. The molecule has 1 aromatic rings. The van der Waals surface area contributed by atoms with Crippen LogP contribution in [0.25, 0.3) is 0 Å². The number of pyridine rings is 1. The van der Waals surface area contributed by atoms with E-state index in [9.17, 15) is 13.2 Å². The van der Waals surface area contributed by atoms with Crippen LogP contribution in [0.5, 0.6) is 5.88 Å². The lowest BCUT2D eigenvalue weighted by atomic mass is 10.3. The summed E-state index contributed by atoms with van der Waals surface area (Å²) in [6.07, 6.45) is -3.77. The van der Waals surface area contributed by atoms with Crippen molar-refractivity contribution in [3.8, 4) is 5.88 Å². The van der Waals surface area contributed by atoms with Crippen LogP contribution < -0.4 is 0 Å². The van der Waals surface area contributed by atoms with Crippen LogP contribution in [0.15, 0.2) is 12.3 Å². The molecule has 0 aliphatic rings. The van der Waals surface area contributed by atoms with Crippen molar-refractivity contribution in [3.63, 3.8) is 0 Å². The highest BCUT2D eigenvalue weighted by Crippen LogP contribution is 2.33. The van der Waals surface area contributed by atoms with Gasteiger partial charge in [0, 0.05) is 6.20 Å². The number of aromatic hydroxyl groups is 1. The molecular weight excluding hydrogens is 207 g/mol. The minimum atomic E-state index is -4.43. The smallest absolute Gasteiger partial charge is 0.417 e. The molecule has 1 aromatic heterocycles. The van der Waals surface area contributed by atoms with Crippen LogP contribution in [-0.4, -0.2) is 9.72 Å². The Morgan fingerprint density at radius 3 is 2.46 bits per heavy atom. The van der Waals surface area contributed by atoms with Crippen molar-refractivity contribution in [2.75, 3.05) is 0 Å². The summed E-state index contributed by atoms with van der Waals surface area (Å²) in [5.41, 5.74) is -0.898. The van der Waals surface area contributed by atoms with Crippen molar-refractivity contribution < 1.29 is 17.9 Å². The number of aromatic nitrogens is 1. The number of rotatable bonds is 1. The Kier molecular flexibility index (Phi) is 2.66. The molecule has 0 amide bonds. The van der Waals surface area contributed by atoms with Gasteiger partial charge in [-0.25, -0.2) is 0 Å². The number of nitrogens with zero attached hydrogens (tertiary/aromatic N) is 1. The topological polar surface area (TPSA) is 25.7 Å². The van der Waals surface area contributed by atoms with Crippen molar-refractivity contribution in [2.24, 2.45) is 0 Å². The third kappa shape index (κ3) is 2.24. The first-order valence-corrected chi connectivity index (χ1v) is 3.52. The van der Waals surface area contributed by atoms with Crippen molar-refractivity contribution in [3.05, 3.63) is 30.0 Å². The van der Waals surface area contributed by atoms with Gasteiger partial charge in [-0.05, 0) is 13.2 Å². The average molecular weight is 212 g/mol. The van der Waals surface area contributed by atoms with E-state index in [2.05, 4.69) is 16.8 Å². The molecule has 0 spiro atoms. The zero-order valence-corrected chi connectivity index (χ0v) is 7.02. The SMILES string of the molecule is [CH2-][OH+]c1ncc(C(F)(F)F)cc1Cl. The van der Waals surface area contributed by atoms with Gasteiger partial charge < -0.3 is 4.74 Å². The summed E-state index contributed by atoms with van der Waals surface area (Å²) in [6.45, 7) is 0. The Labute approximate surface area is 77.3 Å². The summed E-state index contributed by atoms with van der Waals surface area (Å²) in [5, 5.41) is -0.162. The second-order valence-corrected chi connectivity index (χ2v) is 2.59. The molecule has 0 fully saturated rings. The van der Waals surface area contributed by atoms with E-state index < -0.39 is 11.7 Å². The first kappa shape index (κ1) is 10.1. The van der Waals surface area contributed by atoms with Crippen LogP contribution in [0.2, 0.25) is 5.02 Å². The summed E-state index contributed by atoms with van der Waals surface area (Å²) < 4.78 is 39.5. The van der Waals surface area contributed by atoms with Gasteiger partial charge in [0.1, 0.15) is 0 Å². The fourth-order valence-corrected chi connectivity index (χ4v) is 0.928. The van der Waals surface area contributed by atoms with E-state index in [1.807, 2.05) is 0 Å². The highest BCUT2D eigenvalue weighted by atomic mass is 35.5. The standard InChI is InChI=1S/C7H5ClF3NO/c1-13-6-5(8)2-4(3-12-6)7(9,10)11/h2-3,13H,1H2. The first-order valence-electron chi connectivity index (χ1n) is 3.14. The molecule has 72 valence electrons. The minimum Gasteiger partial charge on any atom is -0.706 e. The lowest BCUT2D eigenvalue weighted by Crippen LogP contribution is -2.05. The van der Waals surface area contributed by atoms with E-state index in [4.69, 9.17) is 11.6 Å². The normalized spacial score (nSPS) is 11.5. The maximum atomic E-state index is 12.1. The van der Waals surface area contributed by atoms with Crippen LogP contribution in [-0.2, 0) is 6.18 Å². The molecule has 0 aliphatic carbocycles. The fourth-order valence-electron chi connectivity index (χ4n) is 0.702. The molecule has 0 aliphatic heterocycles. The van der Waals surface area contributed by atoms with E-state index in [0.717, 1.165) is 6.07 Å². The monoisotopic (exact) mass is 211 g/mol. The van der Waals surface area contributed by atoms with Gasteiger partial charge in [0.2, 0.25) is 0 Å². The number of ether oxygens (including phenoxy) is 1. The predicted octanol–water partition coefficient (Wildman–Crippen LogP) is 2.79. The van der Waals surface area contributed by atoms with Crippen LogP contribution in [0.4, 0.5) is 13.2 Å². The van der Waals surface area contributed by atoms with E-state index in [1.54, 1.807) is 0 Å². The van der Waals surface area contributed by atoms with Gasteiger partial charge in [0.15, 0.2) is 5.02 Å². The highest BCUT2D eigenvalue weighted by Gasteiger charge is 2.32. The Morgan fingerprint density at radius 1 is 1.46 bits per heavy atom. The van der Waals surface area contributed by atoms with Crippen molar-refractivity contribution in [1.29, 1.82) is 0 Å². The molecule has 1 N–H and O–H groups in total. The third-order valence-electron chi connectivity index (χ3n) is 1.30. The minimum absolute atomic E-state index is 0.00494. The largest absolute Gasteiger partial charge is 0.706 e. The van der Waals surface area contributed by atoms with E-state index in [-0.39, 0.29) is 10.9 Å². The Morgan fingerprint density at radius 2 is 2.08 bits per heavy atom. The van der Waals surface area contributed by atoms with Gasteiger partial charge in [-0.1, -0.05) is 11.6 Å². The average Bonchev–Trinajstić information content (AvgIpc) is 2.02. The quantitative estimate of drug-likeness (QED) is 0.518. The Hall–Kier alpha value is -0.970. The molecule has 1 rings (SSSR count). The molecule has 1 heterocycles.